The zero-order chi connectivity index (χ0) is 27.7. The highest BCUT2D eigenvalue weighted by molar-refractivity contribution is 9.10. The van der Waals surface area contributed by atoms with Gasteiger partial charge in [-0.15, -0.1) is 0 Å². The number of carbonyl (C=O) groups is 1. The van der Waals surface area contributed by atoms with Gasteiger partial charge in [0.05, 0.1) is 24.9 Å². The van der Waals surface area contributed by atoms with Crippen LogP contribution in [-0.4, -0.2) is 43.7 Å². The van der Waals surface area contributed by atoms with E-state index in [9.17, 15) is 30.1 Å². The lowest BCUT2D eigenvalue weighted by molar-refractivity contribution is -0.392. The first-order valence-corrected chi connectivity index (χ1v) is 14.4. The second kappa shape index (κ2) is 11.1. The Morgan fingerprint density at radius 3 is 2.32 bits per heavy atom. The smallest absolute Gasteiger partial charge is 0.336 e. The summed E-state index contributed by atoms with van der Waals surface area (Å²) in [6, 6.07) is 12.1. The van der Waals surface area contributed by atoms with Crippen LogP contribution in [0.1, 0.15) is 46.3 Å². The first-order chi connectivity index (χ1) is 18.0. The van der Waals surface area contributed by atoms with Gasteiger partial charge in [-0.25, -0.2) is 4.79 Å². The van der Waals surface area contributed by atoms with E-state index in [1.54, 1.807) is 24.3 Å². The Morgan fingerprint density at radius 1 is 1.08 bits per heavy atom. The molecule has 38 heavy (non-hydrogen) atoms. The van der Waals surface area contributed by atoms with Crippen LogP contribution in [-0.2, 0) is 4.74 Å². The fourth-order valence-corrected chi connectivity index (χ4v) is 7.79. The predicted molar refractivity (Wildman–Crippen MR) is 151 cm³/mol. The van der Waals surface area contributed by atoms with Crippen LogP contribution in [0.5, 0.6) is 0 Å². The molecule has 0 radical (unpaired) electrons. The van der Waals surface area contributed by atoms with Crippen LogP contribution in [0.3, 0.4) is 0 Å². The molecule has 1 saturated heterocycles. The van der Waals surface area contributed by atoms with Gasteiger partial charge in [-0.1, -0.05) is 58.4 Å². The summed E-state index contributed by atoms with van der Waals surface area (Å²) in [5.74, 6) is -2.10. The van der Waals surface area contributed by atoms with Gasteiger partial charge in [0.25, 0.3) is 11.4 Å². The third kappa shape index (κ3) is 5.13. The zero-order valence-electron chi connectivity index (χ0n) is 21.2. The van der Waals surface area contributed by atoms with Crippen LogP contribution in [0.4, 0.5) is 11.4 Å². The van der Waals surface area contributed by atoms with Gasteiger partial charge in [0, 0.05) is 28.4 Å². The highest BCUT2D eigenvalue weighted by Gasteiger charge is 2.43. The van der Waals surface area contributed by atoms with E-state index in [1.807, 2.05) is 39.0 Å². The Balaban J connectivity index is 2.22. The number of nitro groups is 2. The summed E-state index contributed by atoms with van der Waals surface area (Å²) in [4.78, 5) is 37.0. The van der Waals surface area contributed by atoms with Crippen molar-refractivity contribution in [2.75, 3.05) is 13.2 Å². The van der Waals surface area contributed by atoms with E-state index in [4.69, 9.17) is 4.74 Å². The van der Waals surface area contributed by atoms with Crippen LogP contribution >= 0.6 is 15.9 Å². The summed E-state index contributed by atoms with van der Waals surface area (Å²) < 4.78 is 6.26. The molecule has 11 heteroatoms. The molecular formula is C27H27BrN2O7Si. The van der Waals surface area contributed by atoms with E-state index in [-0.39, 0.29) is 27.8 Å². The van der Waals surface area contributed by atoms with Gasteiger partial charge >= 0.3 is 5.97 Å². The van der Waals surface area contributed by atoms with Crippen molar-refractivity contribution < 1.29 is 24.5 Å². The molecule has 0 aliphatic carbocycles. The lowest BCUT2D eigenvalue weighted by Crippen LogP contribution is -2.38. The minimum absolute atomic E-state index is 0.0645. The monoisotopic (exact) mass is 598 g/mol. The Bertz CT molecular complexity index is 1440. The van der Waals surface area contributed by atoms with Crippen LogP contribution in [0.25, 0.3) is 11.1 Å². The number of benzene rings is 3. The molecule has 198 valence electrons. The van der Waals surface area contributed by atoms with Gasteiger partial charge in [0.2, 0.25) is 0 Å². The molecule has 4 rings (SSSR count). The number of aryl methyl sites for hydroxylation is 1. The van der Waals surface area contributed by atoms with Gasteiger partial charge < -0.3 is 9.84 Å². The molecule has 1 fully saturated rings. The zero-order valence-corrected chi connectivity index (χ0v) is 24.2. The summed E-state index contributed by atoms with van der Waals surface area (Å²) in [7, 11) is -1.76. The van der Waals surface area contributed by atoms with Gasteiger partial charge in [-0.2, -0.15) is 0 Å². The summed E-state index contributed by atoms with van der Waals surface area (Å²) in [6.45, 7) is 6.33. The van der Waals surface area contributed by atoms with E-state index < -0.39 is 42.6 Å². The number of nitro benzene ring substituents is 2. The van der Waals surface area contributed by atoms with E-state index in [0.29, 0.717) is 29.7 Å². The van der Waals surface area contributed by atoms with Crippen molar-refractivity contribution in [3.63, 3.8) is 0 Å². The standard InChI is InChI=1S/C27H27BrN2O7Si/c1-14-5-4-6-20(16(14)3)38-26-23(27(31)32)22(19-11-12-37-13-15(19)2)24(29(33)34)21(25(26)30(35)36)17-7-9-18(28)10-8-17/h4-10,15,19H,11-13,38H2,1-3H3,(H,31,32). The predicted octanol–water partition coefficient (Wildman–Crippen LogP) is 4.51. The quantitative estimate of drug-likeness (QED) is 0.240. The highest BCUT2D eigenvalue weighted by Crippen LogP contribution is 2.47. The largest absolute Gasteiger partial charge is 0.478 e. The summed E-state index contributed by atoms with van der Waals surface area (Å²) in [5.41, 5.74) is 0.850. The van der Waals surface area contributed by atoms with Crippen LogP contribution < -0.4 is 10.4 Å². The molecule has 1 N–H and O–H groups in total. The third-order valence-electron chi connectivity index (χ3n) is 7.39. The Morgan fingerprint density at radius 2 is 1.74 bits per heavy atom. The van der Waals surface area contributed by atoms with E-state index in [2.05, 4.69) is 15.9 Å². The number of halogens is 1. The van der Waals surface area contributed by atoms with Gasteiger partial charge in [-0.3, -0.25) is 20.2 Å². The Labute approximate surface area is 230 Å². The van der Waals surface area contributed by atoms with Crippen molar-refractivity contribution in [1.82, 2.24) is 0 Å². The number of carboxylic acids is 1. The van der Waals surface area contributed by atoms with Crippen molar-refractivity contribution >= 4 is 53.2 Å². The summed E-state index contributed by atoms with van der Waals surface area (Å²) >= 11 is 3.35. The molecule has 3 aromatic carbocycles. The number of carboxylic acid groups (broad SMARTS) is 1. The second-order valence-corrected chi connectivity index (χ2v) is 12.4. The van der Waals surface area contributed by atoms with E-state index in [0.717, 1.165) is 16.3 Å². The topological polar surface area (TPSA) is 133 Å². The highest BCUT2D eigenvalue weighted by atomic mass is 79.9. The average Bonchev–Trinajstić information content (AvgIpc) is 2.86. The molecule has 2 unspecified atom stereocenters. The maximum Gasteiger partial charge on any atom is 0.336 e. The average molecular weight is 600 g/mol. The molecular weight excluding hydrogens is 572 g/mol. The lowest BCUT2D eigenvalue weighted by Gasteiger charge is -2.31. The van der Waals surface area contributed by atoms with Crippen LogP contribution in [0.2, 0.25) is 0 Å². The molecule has 1 aliphatic heterocycles. The molecule has 0 amide bonds. The Hall–Kier alpha value is -3.41. The first-order valence-electron chi connectivity index (χ1n) is 12.2. The van der Waals surface area contributed by atoms with Crippen LogP contribution in [0.15, 0.2) is 46.9 Å². The van der Waals surface area contributed by atoms with Gasteiger partial charge in [0.1, 0.15) is 5.56 Å². The summed E-state index contributed by atoms with van der Waals surface area (Å²) in [5, 5.41) is 36.9. The van der Waals surface area contributed by atoms with Crippen molar-refractivity contribution in [3.05, 3.63) is 89.4 Å². The Kier molecular flexibility index (Phi) is 8.10. The van der Waals surface area contributed by atoms with Crippen molar-refractivity contribution in [3.8, 4) is 11.1 Å². The van der Waals surface area contributed by atoms with E-state index >= 15 is 0 Å². The van der Waals surface area contributed by atoms with Gasteiger partial charge in [-0.05, 0) is 60.9 Å². The third-order valence-corrected chi connectivity index (χ3v) is 10.1. The number of hydrogen-bond donors (Lipinski definition) is 1. The van der Waals surface area contributed by atoms with Gasteiger partial charge in [0.15, 0.2) is 0 Å². The number of aromatic carboxylic acids is 1. The first kappa shape index (κ1) is 27.6. The molecule has 0 spiro atoms. The van der Waals surface area contributed by atoms with E-state index in [1.165, 1.54) is 0 Å². The van der Waals surface area contributed by atoms with Crippen molar-refractivity contribution in [1.29, 1.82) is 0 Å². The maximum atomic E-state index is 12.9. The number of ether oxygens (including phenoxy) is 1. The summed E-state index contributed by atoms with van der Waals surface area (Å²) in [6.07, 6.45) is 0.379. The number of rotatable bonds is 7. The number of hydrogen-bond acceptors (Lipinski definition) is 6. The normalized spacial score (nSPS) is 17.6. The molecule has 0 saturated carbocycles. The molecule has 1 aliphatic rings. The lowest BCUT2D eigenvalue weighted by atomic mass is 9.78. The maximum absolute atomic E-state index is 12.9. The minimum atomic E-state index is -1.76. The molecule has 9 nitrogen and oxygen atoms in total. The van der Waals surface area contributed by atoms with Crippen LogP contribution in [0, 0.1) is 40.0 Å². The van der Waals surface area contributed by atoms with Crippen molar-refractivity contribution in [2.45, 2.75) is 33.1 Å². The molecule has 1 heterocycles. The van der Waals surface area contributed by atoms with Crippen molar-refractivity contribution in [2.24, 2.45) is 5.92 Å². The molecule has 0 aromatic heterocycles. The molecule has 0 bridgehead atoms. The number of nitrogens with zero attached hydrogens (tertiary/aromatic N) is 2. The fraction of sp³-hybridized carbons (Fsp3) is 0.296. The SMILES string of the molecule is Cc1cccc([SiH2]c2c(C(=O)O)c(C3CCOCC3C)c([N+](=O)[O-])c(-c3ccc(Br)cc3)c2[N+](=O)[O-])c1C. The second-order valence-electron chi connectivity index (χ2n) is 9.65. The molecule has 3 aromatic rings. The minimum Gasteiger partial charge on any atom is -0.478 e. The molecule has 2 atom stereocenters. The fourth-order valence-electron chi connectivity index (χ4n) is 5.36.